The molecule has 0 saturated heterocycles. The number of aliphatic hydroxyl groups is 1. The molecule has 0 radical (unpaired) electrons. The van der Waals surface area contributed by atoms with Crippen LogP contribution in [0, 0.1) is 5.92 Å². The molecule has 0 spiro atoms. The molecule has 0 fully saturated rings. The summed E-state index contributed by atoms with van der Waals surface area (Å²) in [6.45, 7) is 5.07. The predicted molar refractivity (Wildman–Crippen MR) is 51.1 cm³/mol. The summed E-state index contributed by atoms with van der Waals surface area (Å²) < 4.78 is 0. The first-order valence-corrected chi connectivity index (χ1v) is 4.56. The Hall–Kier alpha value is -0.870. The van der Waals surface area contributed by atoms with Crippen LogP contribution in [0.5, 0.6) is 0 Å². The second-order valence-corrected chi connectivity index (χ2v) is 3.50. The number of rotatable bonds is 5. The van der Waals surface area contributed by atoms with Gasteiger partial charge in [0.1, 0.15) is 0 Å². The fourth-order valence-electron chi connectivity index (χ4n) is 1.14. The number of aromatic amines is 1. The van der Waals surface area contributed by atoms with E-state index in [0.717, 1.165) is 12.2 Å². The lowest BCUT2D eigenvalue weighted by molar-refractivity contribution is 0.209. The molecule has 1 aromatic heterocycles. The lowest BCUT2D eigenvalue weighted by atomic mass is 10.1. The van der Waals surface area contributed by atoms with Crippen LogP contribution in [-0.2, 0) is 6.54 Å². The van der Waals surface area contributed by atoms with Crippen LogP contribution in [0.4, 0.5) is 0 Å². The Morgan fingerprint density at radius 2 is 2.38 bits per heavy atom. The van der Waals surface area contributed by atoms with Gasteiger partial charge in [-0.05, 0) is 12.0 Å². The van der Waals surface area contributed by atoms with Gasteiger partial charge in [-0.3, -0.25) is 5.10 Å². The molecule has 0 bridgehead atoms. The summed E-state index contributed by atoms with van der Waals surface area (Å²) in [4.78, 5) is 0. The molecule has 0 aliphatic heterocycles. The van der Waals surface area contributed by atoms with Crippen LogP contribution >= 0.6 is 0 Å². The van der Waals surface area contributed by atoms with Gasteiger partial charge in [0.2, 0.25) is 0 Å². The second-order valence-electron chi connectivity index (χ2n) is 3.50. The van der Waals surface area contributed by atoms with Crippen LogP contribution in [0.15, 0.2) is 12.3 Å². The number of aliphatic hydroxyl groups excluding tert-OH is 1. The van der Waals surface area contributed by atoms with Gasteiger partial charge < -0.3 is 10.4 Å². The monoisotopic (exact) mass is 183 g/mol. The van der Waals surface area contributed by atoms with Crippen LogP contribution in [0.1, 0.15) is 19.5 Å². The van der Waals surface area contributed by atoms with Gasteiger partial charge in [-0.2, -0.15) is 5.10 Å². The zero-order valence-corrected chi connectivity index (χ0v) is 8.12. The summed E-state index contributed by atoms with van der Waals surface area (Å²) in [5.41, 5.74) is 1.04. The maximum atomic E-state index is 9.04. The first-order valence-electron chi connectivity index (χ1n) is 4.56. The SMILES string of the molecule is CC(C)C(CO)NCc1ccn[nH]1. The standard InChI is InChI=1S/C9H17N3O/c1-7(2)9(6-13)10-5-8-3-4-11-12-8/h3-4,7,9-10,13H,5-6H2,1-2H3,(H,11,12). The van der Waals surface area contributed by atoms with E-state index in [0.29, 0.717) is 5.92 Å². The Balaban J connectivity index is 2.32. The molecule has 1 aromatic rings. The molecule has 0 aliphatic carbocycles. The number of nitrogens with one attached hydrogen (secondary N) is 2. The molecule has 3 N–H and O–H groups in total. The smallest absolute Gasteiger partial charge is 0.0587 e. The molecule has 0 saturated carbocycles. The summed E-state index contributed by atoms with van der Waals surface area (Å²) in [7, 11) is 0. The van der Waals surface area contributed by atoms with E-state index in [1.54, 1.807) is 6.20 Å². The lowest BCUT2D eigenvalue weighted by Crippen LogP contribution is -2.36. The maximum Gasteiger partial charge on any atom is 0.0587 e. The Kier molecular flexibility index (Phi) is 3.92. The first kappa shape index (κ1) is 10.2. The highest BCUT2D eigenvalue weighted by Crippen LogP contribution is 2.01. The van der Waals surface area contributed by atoms with E-state index in [-0.39, 0.29) is 12.6 Å². The minimum Gasteiger partial charge on any atom is -0.395 e. The van der Waals surface area contributed by atoms with Crippen LogP contribution < -0.4 is 5.32 Å². The highest BCUT2D eigenvalue weighted by atomic mass is 16.3. The van der Waals surface area contributed by atoms with Gasteiger partial charge in [0.05, 0.1) is 6.61 Å². The van der Waals surface area contributed by atoms with Crippen molar-refractivity contribution in [3.05, 3.63) is 18.0 Å². The number of hydrogen-bond donors (Lipinski definition) is 3. The van der Waals surface area contributed by atoms with Crippen LogP contribution in [-0.4, -0.2) is 28.0 Å². The van der Waals surface area contributed by atoms with E-state index in [2.05, 4.69) is 29.4 Å². The van der Waals surface area contributed by atoms with Crippen LogP contribution in [0.3, 0.4) is 0 Å². The van der Waals surface area contributed by atoms with E-state index in [1.165, 1.54) is 0 Å². The summed E-state index contributed by atoms with van der Waals surface area (Å²) in [5.74, 6) is 0.438. The number of H-pyrrole nitrogens is 1. The van der Waals surface area contributed by atoms with Crippen molar-refractivity contribution in [3.8, 4) is 0 Å². The molecule has 1 atom stereocenters. The zero-order chi connectivity index (χ0) is 9.68. The summed E-state index contributed by atoms with van der Waals surface area (Å²) >= 11 is 0. The van der Waals surface area contributed by atoms with Crippen molar-refractivity contribution in [2.45, 2.75) is 26.4 Å². The average Bonchev–Trinajstić information content (AvgIpc) is 2.57. The third kappa shape index (κ3) is 3.16. The third-order valence-corrected chi connectivity index (χ3v) is 2.11. The molecule has 13 heavy (non-hydrogen) atoms. The van der Waals surface area contributed by atoms with Crippen molar-refractivity contribution < 1.29 is 5.11 Å². The van der Waals surface area contributed by atoms with Crippen molar-refractivity contribution >= 4 is 0 Å². The first-order chi connectivity index (χ1) is 6.24. The summed E-state index contributed by atoms with van der Waals surface area (Å²) in [6.07, 6.45) is 1.72. The van der Waals surface area contributed by atoms with E-state index in [1.807, 2.05) is 6.07 Å². The number of aromatic nitrogens is 2. The molecule has 1 heterocycles. The molecular formula is C9H17N3O. The third-order valence-electron chi connectivity index (χ3n) is 2.11. The highest BCUT2D eigenvalue weighted by Gasteiger charge is 2.10. The molecule has 0 aromatic carbocycles. The van der Waals surface area contributed by atoms with Gasteiger partial charge in [-0.15, -0.1) is 0 Å². The quantitative estimate of drug-likeness (QED) is 0.623. The molecular weight excluding hydrogens is 166 g/mol. The number of hydrogen-bond acceptors (Lipinski definition) is 3. The average molecular weight is 183 g/mol. The van der Waals surface area contributed by atoms with Crippen molar-refractivity contribution in [2.24, 2.45) is 5.92 Å². The Morgan fingerprint density at radius 3 is 2.85 bits per heavy atom. The van der Waals surface area contributed by atoms with Gasteiger partial charge in [0, 0.05) is 24.5 Å². The number of nitrogens with zero attached hydrogens (tertiary/aromatic N) is 1. The van der Waals surface area contributed by atoms with E-state index in [4.69, 9.17) is 5.11 Å². The van der Waals surface area contributed by atoms with Gasteiger partial charge in [-0.25, -0.2) is 0 Å². The van der Waals surface area contributed by atoms with Crippen molar-refractivity contribution in [3.63, 3.8) is 0 Å². The predicted octanol–water partition coefficient (Wildman–Crippen LogP) is 0.516. The van der Waals surface area contributed by atoms with Crippen LogP contribution in [0.25, 0.3) is 0 Å². The molecule has 4 nitrogen and oxygen atoms in total. The zero-order valence-electron chi connectivity index (χ0n) is 8.12. The Morgan fingerprint density at radius 1 is 1.62 bits per heavy atom. The van der Waals surface area contributed by atoms with Gasteiger partial charge in [0.25, 0.3) is 0 Å². The van der Waals surface area contributed by atoms with Crippen molar-refractivity contribution in [1.29, 1.82) is 0 Å². The largest absolute Gasteiger partial charge is 0.395 e. The highest BCUT2D eigenvalue weighted by molar-refractivity contribution is 4.97. The normalized spacial score (nSPS) is 13.5. The molecule has 4 heteroatoms. The topological polar surface area (TPSA) is 60.9 Å². The minimum absolute atomic E-state index is 0.156. The molecule has 0 amide bonds. The van der Waals surface area contributed by atoms with E-state index < -0.39 is 0 Å². The summed E-state index contributed by atoms with van der Waals surface area (Å²) in [5, 5.41) is 19.0. The van der Waals surface area contributed by atoms with Gasteiger partial charge in [0.15, 0.2) is 0 Å². The van der Waals surface area contributed by atoms with Crippen molar-refractivity contribution in [2.75, 3.05) is 6.61 Å². The molecule has 1 rings (SSSR count). The molecule has 74 valence electrons. The van der Waals surface area contributed by atoms with E-state index in [9.17, 15) is 0 Å². The lowest BCUT2D eigenvalue weighted by Gasteiger charge is -2.19. The minimum atomic E-state index is 0.156. The molecule has 1 unspecified atom stereocenters. The Bertz CT molecular complexity index is 221. The van der Waals surface area contributed by atoms with Crippen LogP contribution in [0.2, 0.25) is 0 Å². The second kappa shape index (κ2) is 4.99. The van der Waals surface area contributed by atoms with Gasteiger partial charge >= 0.3 is 0 Å². The molecule has 0 aliphatic rings. The summed E-state index contributed by atoms with van der Waals surface area (Å²) in [6, 6.07) is 2.07. The fraction of sp³-hybridized carbons (Fsp3) is 0.667. The fourth-order valence-corrected chi connectivity index (χ4v) is 1.14. The van der Waals surface area contributed by atoms with Gasteiger partial charge in [-0.1, -0.05) is 13.8 Å². The van der Waals surface area contributed by atoms with Crippen molar-refractivity contribution in [1.82, 2.24) is 15.5 Å². The maximum absolute atomic E-state index is 9.04. The van der Waals surface area contributed by atoms with E-state index >= 15 is 0 Å². The Labute approximate surface area is 78.4 Å².